The quantitative estimate of drug-likeness (QED) is 0.690. The fourth-order valence-corrected chi connectivity index (χ4v) is 3.70. The average molecular weight is 341 g/mol. The van der Waals surface area contributed by atoms with Gasteiger partial charge in [0.15, 0.2) is 0 Å². The first-order valence-electron chi connectivity index (χ1n) is 8.46. The molecule has 0 aromatic carbocycles. The van der Waals surface area contributed by atoms with Crippen LogP contribution < -0.4 is 0 Å². The van der Waals surface area contributed by atoms with E-state index in [1.165, 1.54) is 4.90 Å². The molecule has 1 heterocycles. The summed E-state index contributed by atoms with van der Waals surface area (Å²) in [5.74, 6) is -1.17. The van der Waals surface area contributed by atoms with E-state index in [0.717, 1.165) is 19.5 Å². The lowest BCUT2D eigenvalue weighted by Crippen LogP contribution is -2.55. The van der Waals surface area contributed by atoms with Gasteiger partial charge in [-0.15, -0.1) is 0 Å². The summed E-state index contributed by atoms with van der Waals surface area (Å²) in [7, 11) is 1.63. The summed E-state index contributed by atoms with van der Waals surface area (Å²) in [5, 5.41) is 19.3. The van der Waals surface area contributed by atoms with Crippen molar-refractivity contribution in [3.8, 4) is 0 Å². The molecular weight excluding hydrogens is 314 g/mol. The van der Waals surface area contributed by atoms with Crippen molar-refractivity contribution < 1.29 is 24.6 Å². The van der Waals surface area contributed by atoms with Crippen LogP contribution in [-0.4, -0.2) is 94.1 Å². The molecular formula is C16H27N3O5. The predicted octanol–water partition coefficient (Wildman–Crippen LogP) is -0.634. The number of piperazine rings is 1. The Balaban J connectivity index is 1.88. The van der Waals surface area contributed by atoms with E-state index in [1.807, 2.05) is 0 Å². The molecule has 0 bridgehead atoms. The van der Waals surface area contributed by atoms with Gasteiger partial charge in [-0.25, -0.2) is 0 Å². The van der Waals surface area contributed by atoms with E-state index in [4.69, 9.17) is 5.11 Å². The molecule has 1 aliphatic heterocycles. The number of hydrogen-bond donors (Lipinski definition) is 2. The lowest BCUT2D eigenvalue weighted by Gasteiger charge is -2.39. The van der Waals surface area contributed by atoms with E-state index < -0.39 is 12.1 Å². The minimum Gasteiger partial charge on any atom is -0.481 e. The van der Waals surface area contributed by atoms with Crippen molar-refractivity contribution in [3.63, 3.8) is 0 Å². The highest BCUT2D eigenvalue weighted by atomic mass is 16.4. The number of nitrogens with zero attached hydrogens (tertiary/aromatic N) is 3. The third-order valence-corrected chi connectivity index (χ3v) is 5.22. The Bertz CT molecular complexity index is 490. The fraction of sp³-hybridized carbons (Fsp3) is 0.812. The molecule has 8 heteroatoms. The largest absolute Gasteiger partial charge is 0.481 e. The maximum Gasteiger partial charge on any atom is 0.303 e. The van der Waals surface area contributed by atoms with E-state index in [2.05, 4.69) is 4.90 Å². The van der Waals surface area contributed by atoms with Crippen LogP contribution in [0.2, 0.25) is 0 Å². The predicted molar refractivity (Wildman–Crippen MR) is 86.3 cm³/mol. The van der Waals surface area contributed by atoms with Crippen molar-refractivity contribution in [1.29, 1.82) is 0 Å². The number of aliphatic hydroxyl groups is 1. The minimum atomic E-state index is -0.995. The van der Waals surface area contributed by atoms with Gasteiger partial charge in [-0.2, -0.15) is 0 Å². The lowest BCUT2D eigenvalue weighted by atomic mass is 10.1. The van der Waals surface area contributed by atoms with Crippen LogP contribution in [0.25, 0.3) is 0 Å². The van der Waals surface area contributed by atoms with Crippen LogP contribution in [0.4, 0.5) is 0 Å². The van der Waals surface area contributed by atoms with Crippen LogP contribution in [0.3, 0.4) is 0 Å². The molecule has 0 unspecified atom stereocenters. The Morgan fingerprint density at radius 1 is 1.08 bits per heavy atom. The van der Waals surface area contributed by atoms with Gasteiger partial charge in [-0.05, 0) is 12.8 Å². The molecule has 136 valence electrons. The first-order valence-corrected chi connectivity index (χ1v) is 8.46. The molecule has 1 aliphatic carbocycles. The van der Waals surface area contributed by atoms with Crippen LogP contribution in [-0.2, 0) is 14.4 Å². The van der Waals surface area contributed by atoms with Crippen molar-refractivity contribution in [2.75, 3.05) is 33.2 Å². The van der Waals surface area contributed by atoms with Crippen molar-refractivity contribution in [2.45, 2.75) is 50.8 Å². The number of carbonyl (C=O) groups is 3. The van der Waals surface area contributed by atoms with Gasteiger partial charge in [0, 0.05) is 52.6 Å². The fourth-order valence-electron chi connectivity index (χ4n) is 3.70. The molecule has 2 rings (SSSR count). The molecule has 8 nitrogen and oxygen atoms in total. The molecule has 1 saturated carbocycles. The van der Waals surface area contributed by atoms with Crippen molar-refractivity contribution in [2.24, 2.45) is 0 Å². The van der Waals surface area contributed by atoms with E-state index in [9.17, 15) is 19.5 Å². The standard InChI is InChI=1S/C16H27N3O5/c1-11(20)18-7-9-19(10-8-18)13-4-3-12(16(13)24)17(2)14(21)5-6-15(22)23/h12-13,16,24H,3-10H2,1-2H3,(H,22,23)/t12-,13-,16-/m1/s1. The second kappa shape index (κ2) is 7.94. The van der Waals surface area contributed by atoms with E-state index in [-0.39, 0.29) is 36.7 Å². The number of likely N-dealkylation sites (N-methyl/N-ethyl adjacent to an activating group) is 1. The highest BCUT2D eigenvalue weighted by molar-refractivity contribution is 5.80. The SMILES string of the molecule is CC(=O)N1CCN([C@@H]2CC[C@@H](N(C)C(=O)CCC(=O)O)[C@H]2O)CC1. The number of aliphatic carboxylic acids is 1. The van der Waals surface area contributed by atoms with Crippen molar-refractivity contribution >= 4 is 17.8 Å². The number of hydrogen-bond acceptors (Lipinski definition) is 5. The summed E-state index contributed by atoms with van der Waals surface area (Å²) >= 11 is 0. The van der Waals surface area contributed by atoms with E-state index in [0.29, 0.717) is 19.5 Å². The lowest BCUT2D eigenvalue weighted by molar-refractivity contribution is -0.142. The van der Waals surface area contributed by atoms with Crippen LogP contribution in [0.5, 0.6) is 0 Å². The van der Waals surface area contributed by atoms with Crippen molar-refractivity contribution in [3.05, 3.63) is 0 Å². The molecule has 2 aliphatic rings. The molecule has 0 radical (unpaired) electrons. The van der Waals surface area contributed by atoms with Gasteiger partial charge in [-0.3, -0.25) is 19.3 Å². The number of carboxylic acid groups (broad SMARTS) is 1. The Hall–Kier alpha value is -1.67. The first kappa shape index (κ1) is 18.7. The highest BCUT2D eigenvalue weighted by Gasteiger charge is 2.42. The molecule has 2 N–H and O–H groups in total. The number of aliphatic hydroxyl groups excluding tert-OH is 1. The van der Waals surface area contributed by atoms with Gasteiger partial charge in [0.1, 0.15) is 0 Å². The molecule has 3 atom stereocenters. The maximum atomic E-state index is 12.1. The number of amides is 2. The summed E-state index contributed by atoms with van der Waals surface area (Å²) in [6, 6.07) is -0.291. The summed E-state index contributed by atoms with van der Waals surface area (Å²) in [5.41, 5.74) is 0. The summed E-state index contributed by atoms with van der Waals surface area (Å²) < 4.78 is 0. The van der Waals surface area contributed by atoms with Gasteiger partial charge >= 0.3 is 5.97 Å². The highest BCUT2D eigenvalue weighted by Crippen LogP contribution is 2.29. The van der Waals surface area contributed by atoms with Crippen LogP contribution in [0.1, 0.15) is 32.6 Å². The monoisotopic (exact) mass is 341 g/mol. The van der Waals surface area contributed by atoms with E-state index >= 15 is 0 Å². The van der Waals surface area contributed by atoms with Gasteiger partial charge in [-0.1, -0.05) is 0 Å². The minimum absolute atomic E-state index is 0.0150. The average Bonchev–Trinajstić information content (AvgIpc) is 2.93. The van der Waals surface area contributed by atoms with Crippen LogP contribution >= 0.6 is 0 Å². The zero-order chi connectivity index (χ0) is 17.9. The Labute approximate surface area is 142 Å². The Morgan fingerprint density at radius 2 is 1.71 bits per heavy atom. The van der Waals surface area contributed by atoms with Gasteiger partial charge in [0.25, 0.3) is 0 Å². The molecule has 0 aromatic heterocycles. The normalized spacial score (nSPS) is 28.0. The summed E-state index contributed by atoms with van der Waals surface area (Å²) in [4.78, 5) is 39.5. The zero-order valence-corrected chi connectivity index (χ0v) is 14.3. The molecule has 0 aromatic rings. The van der Waals surface area contributed by atoms with Gasteiger partial charge in [0.2, 0.25) is 11.8 Å². The van der Waals surface area contributed by atoms with Crippen molar-refractivity contribution in [1.82, 2.24) is 14.7 Å². The number of rotatable bonds is 5. The van der Waals surface area contributed by atoms with Gasteiger partial charge < -0.3 is 20.0 Å². The molecule has 24 heavy (non-hydrogen) atoms. The topological polar surface area (TPSA) is 101 Å². The van der Waals surface area contributed by atoms with Crippen LogP contribution in [0.15, 0.2) is 0 Å². The number of carboxylic acids is 1. The second-order valence-electron chi connectivity index (χ2n) is 6.64. The molecule has 2 fully saturated rings. The second-order valence-corrected chi connectivity index (χ2v) is 6.64. The Kier molecular flexibility index (Phi) is 6.17. The Morgan fingerprint density at radius 3 is 2.25 bits per heavy atom. The van der Waals surface area contributed by atoms with Crippen LogP contribution in [0, 0.1) is 0 Å². The smallest absolute Gasteiger partial charge is 0.303 e. The molecule has 2 amide bonds. The summed E-state index contributed by atoms with van der Waals surface area (Å²) in [6.07, 6.45) is 0.614. The van der Waals surface area contributed by atoms with E-state index in [1.54, 1.807) is 18.9 Å². The van der Waals surface area contributed by atoms with Gasteiger partial charge in [0.05, 0.1) is 18.6 Å². The number of carbonyl (C=O) groups excluding carboxylic acids is 2. The molecule has 0 spiro atoms. The third kappa shape index (κ3) is 4.24. The molecule has 1 saturated heterocycles. The summed E-state index contributed by atoms with van der Waals surface area (Å²) in [6.45, 7) is 4.34. The zero-order valence-electron chi connectivity index (χ0n) is 14.3. The maximum absolute atomic E-state index is 12.1. The third-order valence-electron chi connectivity index (χ3n) is 5.22. The first-order chi connectivity index (χ1) is 11.3.